The van der Waals surface area contributed by atoms with Crippen molar-refractivity contribution in [1.82, 2.24) is 9.97 Å². The molecule has 2 aromatic rings. The molecule has 1 fully saturated rings. The van der Waals surface area contributed by atoms with Crippen molar-refractivity contribution in [3.63, 3.8) is 0 Å². The maximum atomic E-state index is 10.7. The van der Waals surface area contributed by atoms with Crippen LogP contribution < -0.4 is 10.2 Å². The first-order valence-corrected chi connectivity index (χ1v) is 7.93. The number of nitrogens with zero attached hydrogens (tertiary/aromatic N) is 3. The van der Waals surface area contributed by atoms with Crippen LogP contribution in [0, 0.1) is 0 Å². The van der Waals surface area contributed by atoms with Gasteiger partial charge in [-0.3, -0.25) is 0 Å². The van der Waals surface area contributed by atoms with Crippen molar-refractivity contribution in [2.75, 3.05) is 44.1 Å². The third-order valence-corrected chi connectivity index (χ3v) is 4.65. The van der Waals surface area contributed by atoms with Crippen LogP contribution in [0.2, 0.25) is 0 Å². The van der Waals surface area contributed by atoms with Gasteiger partial charge in [0.15, 0.2) is 0 Å². The summed E-state index contributed by atoms with van der Waals surface area (Å²) in [5.41, 5.74) is -0.708. The Morgan fingerprint density at radius 1 is 1.43 bits per heavy atom. The Bertz CT molecular complexity index is 624. The molecule has 1 saturated heterocycles. The van der Waals surface area contributed by atoms with E-state index in [0.29, 0.717) is 38.5 Å². The summed E-state index contributed by atoms with van der Waals surface area (Å²) in [6.07, 6.45) is 1.32. The van der Waals surface area contributed by atoms with Gasteiger partial charge in [0.25, 0.3) is 0 Å². The minimum Gasteiger partial charge on any atom is -0.388 e. The third kappa shape index (κ3) is 2.95. The number of thiophene rings is 1. The molecule has 21 heavy (non-hydrogen) atoms. The predicted molar refractivity (Wildman–Crippen MR) is 85.2 cm³/mol. The molecular weight excluding hydrogens is 288 g/mol. The lowest BCUT2D eigenvalue weighted by Gasteiger charge is -2.36. The summed E-state index contributed by atoms with van der Waals surface area (Å²) in [6, 6.07) is 2.03. The minimum absolute atomic E-state index is 0.543. The highest BCUT2D eigenvalue weighted by molar-refractivity contribution is 7.16. The Morgan fingerprint density at radius 2 is 2.19 bits per heavy atom. The topological polar surface area (TPSA) is 70.5 Å². The molecule has 0 unspecified atom stereocenters. The number of hydrogen-bond donors (Lipinski definition) is 2. The van der Waals surface area contributed by atoms with Gasteiger partial charge in [0.2, 0.25) is 5.95 Å². The van der Waals surface area contributed by atoms with Gasteiger partial charge in [-0.2, -0.15) is 4.98 Å². The van der Waals surface area contributed by atoms with Crippen molar-refractivity contribution >= 4 is 33.3 Å². The molecule has 0 saturated carbocycles. The second kappa shape index (κ2) is 5.75. The van der Waals surface area contributed by atoms with Crippen LogP contribution in [0.25, 0.3) is 10.2 Å². The zero-order valence-corrected chi connectivity index (χ0v) is 13.1. The van der Waals surface area contributed by atoms with Gasteiger partial charge in [0.1, 0.15) is 10.6 Å². The number of ether oxygens (including phenoxy) is 1. The summed E-state index contributed by atoms with van der Waals surface area (Å²) in [5.74, 6) is 1.45. The molecule has 0 spiro atoms. The van der Waals surface area contributed by atoms with E-state index in [1.165, 1.54) is 0 Å². The second-order valence-electron chi connectivity index (χ2n) is 5.45. The predicted octanol–water partition coefficient (Wildman–Crippen LogP) is 1.71. The van der Waals surface area contributed by atoms with Gasteiger partial charge in [-0.15, -0.1) is 11.3 Å². The van der Waals surface area contributed by atoms with Crippen molar-refractivity contribution in [1.29, 1.82) is 0 Å². The van der Waals surface area contributed by atoms with Crippen LogP contribution in [0.1, 0.15) is 12.8 Å². The number of aromatic nitrogens is 2. The first-order chi connectivity index (χ1) is 10.1. The van der Waals surface area contributed by atoms with Crippen LogP contribution in [0.3, 0.4) is 0 Å². The van der Waals surface area contributed by atoms with Gasteiger partial charge < -0.3 is 20.1 Å². The lowest BCUT2D eigenvalue weighted by molar-refractivity contribution is -0.0573. The average Bonchev–Trinajstić information content (AvgIpc) is 2.94. The SMILES string of the molecule is CNc1nc(N(C)CC2(O)CCOCC2)c2ccsc2n1. The summed E-state index contributed by atoms with van der Waals surface area (Å²) in [7, 11) is 3.77. The lowest BCUT2D eigenvalue weighted by atomic mass is 9.94. The van der Waals surface area contributed by atoms with E-state index >= 15 is 0 Å². The maximum Gasteiger partial charge on any atom is 0.225 e. The zero-order valence-electron chi connectivity index (χ0n) is 12.3. The Hall–Kier alpha value is -1.44. The molecule has 2 aromatic heterocycles. The van der Waals surface area contributed by atoms with Crippen LogP contribution >= 0.6 is 11.3 Å². The van der Waals surface area contributed by atoms with Crippen molar-refractivity contribution in [2.45, 2.75) is 18.4 Å². The molecule has 1 aliphatic rings. The Labute approximate surface area is 127 Å². The smallest absolute Gasteiger partial charge is 0.225 e. The highest BCUT2D eigenvalue weighted by atomic mass is 32.1. The number of rotatable bonds is 4. The van der Waals surface area contributed by atoms with Crippen molar-refractivity contribution in [2.24, 2.45) is 0 Å². The van der Waals surface area contributed by atoms with Gasteiger partial charge in [-0.05, 0) is 11.4 Å². The molecule has 6 nitrogen and oxygen atoms in total. The molecule has 0 bridgehead atoms. The minimum atomic E-state index is -0.708. The number of anilines is 2. The van der Waals surface area contributed by atoms with E-state index in [4.69, 9.17) is 4.74 Å². The van der Waals surface area contributed by atoms with Crippen LogP contribution in [-0.4, -0.2) is 54.5 Å². The standard InChI is InChI=1S/C14H20N4O2S/c1-15-13-16-11(10-3-8-21-12(10)17-13)18(2)9-14(19)4-6-20-7-5-14/h3,8,19H,4-7,9H2,1-2H3,(H,15,16,17). The molecule has 0 atom stereocenters. The van der Waals surface area contributed by atoms with Crippen molar-refractivity contribution < 1.29 is 9.84 Å². The largest absolute Gasteiger partial charge is 0.388 e. The summed E-state index contributed by atoms with van der Waals surface area (Å²) in [6.45, 7) is 1.77. The van der Waals surface area contributed by atoms with E-state index in [1.54, 1.807) is 11.3 Å². The summed E-state index contributed by atoms with van der Waals surface area (Å²) >= 11 is 1.59. The molecule has 0 amide bonds. The molecule has 114 valence electrons. The maximum absolute atomic E-state index is 10.7. The van der Waals surface area contributed by atoms with Crippen LogP contribution in [0.4, 0.5) is 11.8 Å². The van der Waals surface area contributed by atoms with E-state index < -0.39 is 5.60 Å². The third-order valence-electron chi connectivity index (χ3n) is 3.85. The molecular formula is C14H20N4O2S. The molecule has 7 heteroatoms. The van der Waals surface area contributed by atoms with Gasteiger partial charge in [0.05, 0.1) is 11.0 Å². The average molecular weight is 308 g/mol. The molecule has 0 aliphatic carbocycles. The number of hydrogen-bond acceptors (Lipinski definition) is 7. The summed E-state index contributed by atoms with van der Waals surface area (Å²) in [5, 5.41) is 16.7. The number of likely N-dealkylation sites (N-methyl/N-ethyl adjacent to an activating group) is 1. The molecule has 0 aromatic carbocycles. The van der Waals surface area contributed by atoms with Gasteiger partial charge in [0, 0.05) is 46.7 Å². The van der Waals surface area contributed by atoms with Gasteiger partial charge >= 0.3 is 0 Å². The van der Waals surface area contributed by atoms with Crippen LogP contribution in [-0.2, 0) is 4.74 Å². The van der Waals surface area contributed by atoms with Crippen molar-refractivity contribution in [3.8, 4) is 0 Å². The number of fused-ring (bicyclic) bond motifs is 1. The highest BCUT2D eigenvalue weighted by Crippen LogP contribution is 2.30. The fraction of sp³-hybridized carbons (Fsp3) is 0.571. The first kappa shape index (κ1) is 14.5. The molecule has 3 heterocycles. The molecule has 3 rings (SSSR count). The van der Waals surface area contributed by atoms with Crippen LogP contribution in [0.5, 0.6) is 0 Å². The van der Waals surface area contributed by atoms with Crippen molar-refractivity contribution in [3.05, 3.63) is 11.4 Å². The van der Waals surface area contributed by atoms with E-state index in [2.05, 4.69) is 15.3 Å². The van der Waals surface area contributed by atoms with E-state index in [-0.39, 0.29) is 0 Å². The monoisotopic (exact) mass is 308 g/mol. The normalized spacial score (nSPS) is 17.9. The van der Waals surface area contributed by atoms with E-state index in [0.717, 1.165) is 16.0 Å². The Balaban J connectivity index is 1.89. The fourth-order valence-corrected chi connectivity index (χ4v) is 3.43. The first-order valence-electron chi connectivity index (χ1n) is 7.05. The molecule has 2 N–H and O–H groups in total. The number of aliphatic hydroxyl groups is 1. The van der Waals surface area contributed by atoms with Gasteiger partial charge in [-0.25, -0.2) is 4.98 Å². The summed E-state index contributed by atoms with van der Waals surface area (Å²) in [4.78, 5) is 12.0. The molecule has 0 radical (unpaired) electrons. The Kier molecular flexibility index (Phi) is 3.97. The zero-order chi connectivity index (χ0) is 14.9. The fourth-order valence-electron chi connectivity index (χ4n) is 2.67. The molecule has 1 aliphatic heterocycles. The highest BCUT2D eigenvalue weighted by Gasteiger charge is 2.32. The lowest BCUT2D eigenvalue weighted by Crippen LogP contribution is -2.46. The van der Waals surface area contributed by atoms with Crippen LogP contribution in [0.15, 0.2) is 11.4 Å². The second-order valence-corrected chi connectivity index (χ2v) is 6.35. The van der Waals surface area contributed by atoms with Gasteiger partial charge in [-0.1, -0.05) is 0 Å². The van der Waals surface area contributed by atoms with E-state index in [1.807, 2.05) is 30.4 Å². The quantitative estimate of drug-likeness (QED) is 0.896. The number of nitrogens with one attached hydrogen (secondary N) is 1. The van der Waals surface area contributed by atoms with E-state index in [9.17, 15) is 5.11 Å². The Morgan fingerprint density at radius 3 is 2.90 bits per heavy atom. The summed E-state index contributed by atoms with van der Waals surface area (Å²) < 4.78 is 5.33.